The minimum atomic E-state index is -0.337. The van der Waals surface area contributed by atoms with E-state index in [0.29, 0.717) is 5.56 Å². The molecule has 0 unspecified atom stereocenters. The summed E-state index contributed by atoms with van der Waals surface area (Å²) in [5.41, 5.74) is 5.70. The molecule has 0 fully saturated rings. The third-order valence-electron chi connectivity index (χ3n) is 5.85. The van der Waals surface area contributed by atoms with Gasteiger partial charge in [0.2, 0.25) is 0 Å². The van der Waals surface area contributed by atoms with Crippen molar-refractivity contribution in [3.63, 3.8) is 0 Å². The van der Waals surface area contributed by atoms with Gasteiger partial charge in [0.25, 0.3) is 0 Å². The van der Waals surface area contributed by atoms with Gasteiger partial charge in [-0.25, -0.2) is 9.79 Å². The Balaban J connectivity index is 1.86. The molecule has 0 spiro atoms. The number of aromatic nitrogens is 1. The third-order valence-corrected chi connectivity index (χ3v) is 5.85. The number of carbonyl (C=O) groups is 1. The summed E-state index contributed by atoms with van der Waals surface area (Å²) in [6.45, 7) is 8.08. The highest BCUT2D eigenvalue weighted by molar-refractivity contribution is 5.92. The highest BCUT2D eigenvalue weighted by Crippen LogP contribution is 2.30. The van der Waals surface area contributed by atoms with E-state index in [4.69, 9.17) is 14.5 Å². The fourth-order valence-corrected chi connectivity index (χ4v) is 4.08. The molecule has 0 saturated heterocycles. The van der Waals surface area contributed by atoms with Gasteiger partial charge in [-0.3, -0.25) is 4.98 Å². The standard InChI is InChI=1S/C25H33N3O3/c1-6-7-8-13-28-16-20-10-9-19(25(29)31-5)14-22(20)27-23(28)12-11-21-18(3)24(30-4)17(2)15-26-21/h9-10,14-15H,6-8,11-13,16H2,1-5H3. The fourth-order valence-electron chi connectivity index (χ4n) is 4.08. The van der Waals surface area contributed by atoms with Gasteiger partial charge in [-0.1, -0.05) is 25.8 Å². The molecule has 1 aromatic carbocycles. The lowest BCUT2D eigenvalue weighted by Crippen LogP contribution is -2.34. The molecular formula is C25H33N3O3. The van der Waals surface area contributed by atoms with E-state index in [1.807, 2.05) is 31.3 Å². The maximum Gasteiger partial charge on any atom is 0.337 e. The van der Waals surface area contributed by atoms with Crippen molar-refractivity contribution in [3.8, 4) is 5.75 Å². The first kappa shape index (κ1) is 22.8. The third kappa shape index (κ3) is 5.24. The quantitative estimate of drug-likeness (QED) is 0.412. The molecule has 0 N–H and O–H groups in total. The highest BCUT2D eigenvalue weighted by Gasteiger charge is 2.21. The summed E-state index contributed by atoms with van der Waals surface area (Å²) in [7, 11) is 3.10. The Labute approximate surface area is 185 Å². The minimum absolute atomic E-state index is 0.337. The molecule has 0 bridgehead atoms. The number of nitrogens with zero attached hydrogens (tertiary/aromatic N) is 3. The van der Waals surface area contributed by atoms with E-state index in [1.54, 1.807) is 7.11 Å². The van der Waals surface area contributed by atoms with Crippen LogP contribution in [0.1, 0.15) is 65.3 Å². The normalized spacial score (nSPS) is 12.9. The van der Waals surface area contributed by atoms with Crippen molar-refractivity contribution in [1.82, 2.24) is 9.88 Å². The second-order valence-corrected chi connectivity index (χ2v) is 8.04. The number of methoxy groups -OCH3 is 2. The molecule has 0 aliphatic carbocycles. The number of pyridine rings is 1. The average Bonchev–Trinajstić information content (AvgIpc) is 2.78. The largest absolute Gasteiger partial charge is 0.496 e. The Morgan fingerprint density at radius 1 is 1.16 bits per heavy atom. The first-order chi connectivity index (χ1) is 15.0. The van der Waals surface area contributed by atoms with E-state index in [1.165, 1.54) is 20.0 Å². The van der Waals surface area contributed by atoms with Gasteiger partial charge in [0, 0.05) is 42.5 Å². The van der Waals surface area contributed by atoms with Crippen molar-refractivity contribution in [2.45, 2.75) is 59.4 Å². The van der Waals surface area contributed by atoms with Crippen LogP contribution in [0.5, 0.6) is 5.75 Å². The van der Waals surface area contributed by atoms with E-state index < -0.39 is 0 Å². The predicted octanol–water partition coefficient (Wildman–Crippen LogP) is 5.16. The topological polar surface area (TPSA) is 64.0 Å². The van der Waals surface area contributed by atoms with Crippen molar-refractivity contribution in [2.75, 3.05) is 20.8 Å². The van der Waals surface area contributed by atoms with Crippen LogP contribution in [-0.2, 0) is 17.7 Å². The van der Waals surface area contributed by atoms with Gasteiger partial charge in [0.15, 0.2) is 0 Å². The summed E-state index contributed by atoms with van der Waals surface area (Å²) >= 11 is 0. The summed E-state index contributed by atoms with van der Waals surface area (Å²) in [6, 6.07) is 5.65. The second kappa shape index (κ2) is 10.4. The summed E-state index contributed by atoms with van der Waals surface area (Å²) < 4.78 is 10.4. The van der Waals surface area contributed by atoms with E-state index in [0.717, 1.165) is 72.0 Å². The van der Waals surface area contributed by atoms with Crippen LogP contribution in [0.15, 0.2) is 29.4 Å². The highest BCUT2D eigenvalue weighted by atomic mass is 16.5. The molecule has 3 rings (SSSR count). The molecule has 1 aliphatic rings. The van der Waals surface area contributed by atoms with Crippen molar-refractivity contribution >= 4 is 17.5 Å². The van der Waals surface area contributed by atoms with Crippen LogP contribution >= 0.6 is 0 Å². The van der Waals surface area contributed by atoms with Crippen LogP contribution in [0.2, 0.25) is 0 Å². The van der Waals surface area contributed by atoms with Crippen molar-refractivity contribution < 1.29 is 14.3 Å². The molecule has 0 saturated carbocycles. The zero-order valence-corrected chi connectivity index (χ0v) is 19.3. The van der Waals surface area contributed by atoms with Gasteiger partial charge < -0.3 is 14.4 Å². The molecule has 0 radical (unpaired) electrons. The van der Waals surface area contributed by atoms with Crippen LogP contribution in [0.3, 0.4) is 0 Å². The van der Waals surface area contributed by atoms with Crippen molar-refractivity contribution in [3.05, 3.63) is 52.3 Å². The summed E-state index contributed by atoms with van der Waals surface area (Å²) in [5.74, 6) is 1.62. The summed E-state index contributed by atoms with van der Waals surface area (Å²) in [5, 5.41) is 0. The Kier molecular flexibility index (Phi) is 7.66. The maximum absolute atomic E-state index is 12.0. The Bertz CT molecular complexity index is 969. The van der Waals surface area contributed by atoms with Crippen LogP contribution < -0.4 is 4.74 Å². The fraction of sp³-hybridized carbons (Fsp3) is 0.480. The number of fused-ring (bicyclic) bond motifs is 1. The second-order valence-electron chi connectivity index (χ2n) is 8.04. The van der Waals surface area contributed by atoms with Crippen molar-refractivity contribution in [1.29, 1.82) is 0 Å². The van der Waals surface area contributed by atoms with Crippen molar-refractivity contribution in [2.24, 2.45) is 4.99 Å². The molecule has 2 heterocycles. The molecule has 6 nitrogen and oxygen atoms in total. The van der Waals surface area contributed by atoms with Gasteiger partial charge in [0.1, 0.15) is 11.6 Å². The van der Waals surface area contributed by atoms with E-state index in [9.17, 15) is 4.79 Å². The summed E-state index contributed by atoms with van der Waals surface area (Å²) in [4.78, 5) is 23.9. The number of esters is 1. The van der Waals surface area contributed by atoms with E-state index in [2.05, 4.69) is 23.7 Å². The molecule has 0 atom stereocenters. The number of aliphatic imine (C=N–C) groups is 1. The number of ether oxygens (including phenoxy) is 2. The minimum Gasteiger partial charge on any atom is -0.496 e. The number of amidine groups is 1. The first-order valence-electron chi connectivity index (χ1n) is 11.0. The molecule has 1 aliphatic heterocycles. The number of hydrogen-bond donors (Lipinski definition) is 0. The number of carbonyl (C=O) groups excluding carboxylic acids is 1. The number of hydrogen-bond acceptors (Lipinski definition) is 6. The lowest BCUT2D eigenvalue weighted by molar-refractivity contribution is 0.0600. The smallest absolute Gasteiger partial charge is 0.337 e. The molecule has 0 amide bonds. The number of rotatable bonds is 9. The first-order valence-corrected chi connectivity index (χ1v) is 11.0. The van der Waals surface area contributed by atoms with E-state index in [-0.39, 0.29) is 5.97 Å². The van der Waals surface area contributed by atoms with E-state index >= 15 is 0 Å². The molecule has 1 aromatic heterocycles. The van der Waals surface area contributed by atoms with Gasteiger partial charge >= 0.3 is 5.97 Å². The zero-order chi connectivity index (χ0) is 22.4. The number of aryl methyl sites for hydroxylation is 2. The van der Waals surface area contributed by atoms with Gasteiger partial charge in [-0.05, 0) is 44.4 Å². The van der Waals surface area contributed by atoms with Crippen LogP contribution in [-0.4, -0.2) is 42.5 Å². The molecular weight excluding hydrogens is 390 g/mol. The number of benzene rings is 1. The Morgan fingerprint density at radius 2 is 1.97 bits per heavy atom. The van der Waals surface area contributed by atoms with Crippen LogP contribution in [0, 0.1) is 13.8 Å². The molecule has 166 valence electrons. The molecule has 31 heavy (non-hydrogen) atoms. The summed E-state index contributed by atoms with van der Waals surface area (Å²) in [6.07, 6.45) is 6.98. The average molecular weight is 424 g/mol. The zero-order valence-electron chi connectivity index (χ0n) is 19.3. The van der Waals surface area contributed by atoms with Gasteiger partial charge in [-0.15, -0.1) is 0 Å². The Morgan fingerprint density at radius 3 is 2.68 bits per heavy atom. The lowest BCUT2D eigenvalue weighted by atomic mass is 10.0. The monoisotopic (exact) mass is 423 g/mol. The van der Waals surface area contributed by atoms with Crippen LogP contribution in [0.4, 0.5) is 5.69 Å². The van der Waals surface area contributed by atoms with Gasteiger partial charge in [0.05, 0.1) is 25.5 Å². The van der Waals surface area contributed by atoms with Crippen LogP contribution in [0.25, 0.3) is 0 Å². The SMILES string of the molecule is CCCCCN1Cc2ccc(C(=O)OC)cc2N=C1CCc1ncc(C)c(OC)c1C. The lowest BCUT2D eigenvalue weighted by Gasteiger charge is -2.31. The molecule has 2 aromatic rings. The Hall–Kier alpha value is -2.89. The van der Waals surface area contributed by atoms with Gasteiger partial charge in [-0.2, -0.15) is 0 Å². The number of unbranched alkanes of at least 4 members (excludes halogenated alkanes) is 2. The molecule has 6 heteroatoms. The predicted molar refractivity (Wildman–Crippen MR) is 123 cm³/mol. The maximum atomic E-state index is 12.0.